The first-order valence-electron chi connectivity index (χ1n) is 22.4. The number of aliphatic hydroxyl groups is 16. The maximum Gasteiger partial charge on any atom is 0.364 e. The number of nitrogens with one attached hydrogen (secondary N) is 3. The number of hydrogen-bond acceptors (Lipinski definition) is 29. The molecule has 0 radical (unpaired) electrons. The number of ether oxygens (including phenoxy) is 9. The van der Waals surface area contributed by atoms with E-state index < -0.39 is 229 Å². The van der Waals surface area contributed by atoms with Crippen LogP contribution in [0.3, 0.4) is 0 Å². The molecule has 33 heteroatoms. The van der Waals surface area contributed by atoms with Gasteiger partial charge in [0, 0.05) is 20.3 Å². The summed E-state index contributed by atoms with van der Waals surface area (Å²) in [4.78, 5) is 50.7. The number of aliphatic hydroxyl groups excluding tert-OH is 16. The summed E-state index contributed by atoms with van der Waals surface area (Å²) in [5.74, 6) is -8.56. The van der Waals surface area contributed by atoms with Crippen LogP contribution in [0.5, 0.6) is 0 Å². The number of aliphatic carboxylic acids is 1. The molecular weight excluding hydrogens is 990 g/mol. The molecule has 20 N–H and O–H groups in total. The Kier molecular flexibility index (Phi) is 21.3. The Morgan fingerprint density at radius 3 is 1.64 bits per heavy atom. The quantitative estimate of drug-likeness (QED) is 0.0538. The highest BCUT2D eigenvalue weighted by atomic mass is 16.8. The molecule has 5 rings (SSSR count). The first-order chi connectivity index (χ1) is 33.9. The van der Waals surface area contributed by atoms with Crippen LogP contribution in [-0.2, 0) is 61.8 Å². The first kappa shape index (κ1) is 59.8. The Bertz CT molecular complexity index is 1790. The van der Waals surface area contributed by atoms with Crippen molar-refractivity contribution >= 4 is 23.7 Å². The molecule has 0 aliphatic carbocycles. The molecule has 0 aromatic heterocycles. The third-order valence-corrected chi connectivity index (χ3v) is 12.6. The van der Waals surface area contributed by atoms with Crippen molar-refractivity contribution in [2.45, 2.75) is 179 Å². The average molecular weight is 1060 g/mol. The molecule has 5 heterocycles. The molecular formula is C39H65N3O30. The largest absolute Gasteiger partial charge is 0.477 e. The molecule has 0 bridgehead atoms. The van der Waals surface area contributed by atoms with E-state index in [1.165, 1.54) is 0 Å². The van der Waals surface area contributed by atoms with Crippen molar-refractivity contribution in [1.29, 1.82) is 0 Å². The second kappa shape index (κ2) is 25.6. The molecule has 5 aliphatic rings. The van der Waals surface area contributed by atoms with Gasteiger partial charge in [0.1, 0.15) is 122 Å². The Labute approximate surface area is 406 Å². The molecule has 33 nitrogen and oxygen atoms in total. The Morgan fingerprint density at radius 2 is 1.08 bits per heavy atom. The summed E-state index contributed by atoms with van der Waals surface area (Å²) >= 11 is 0. The highest BCUT2D eigenvalue weighted by molar-refractivity contribution is 5.78. The van der Waals surface area contributed by atoms with Crippen LogP contribution in [0.2, 0.25) is 0 Å². The predicted octanol–water partition coefficient (Wildman–Crippen LogP) is -13.3. The SMILES string of the molecule is CC(=O)N[C@@H]1[C@@H](O[C@@H]2O[C@H](CO)[C@H](O[C@@H]3O[C@H](CO)[C@H](O[C@H]4O[C@H](CO)[C@H](O)[C@H](O)[C@H]4O)[C@H](O)[C@H]3NC(C)=O)[C@H](O[C@]3(C(=O)O)C[C@H](O)[C@@H](NC(=O)CO)[C@H]([C@H](O)[C@H](O)CO)O3)[C@H]2O)[C@@H](O)[C@@H](CO)O[C@@H]1O. The fourth-order valence-electron chi connectivity index (χ4n) is 8.94. The van der Waals surface area contributed by atoms with Crippen molar-refractivity contribution < 1.29 is 149 Å². The van der Waals surface area contributed by atoms with Crippen molar-refractivity contribution in [3.63, 3.8) is 0 Å². The number of carboxylic acids is 1. The average Bonchev–Trinajstić information content (AvgIpc) is 3.34. The smallest absolute Gasteiger partial charge is 0.364 e. The van der Waals surface area contributed by atoms with Crippen LogP contribution in [0.25, 0.3) is 0 Å². The number of amides is 3. The summed E-state index contributed by atoms with van der Waals surface area (Å²) in [5.41, 5.74) is 0. The van der Waals surface area contributed by atoms with Crippen LogP contribution in [0.1, 0.15) is 20.3 Å². The summed E-state index contributed by atoms with van der Waals surface area (Å²) in [6.45, 7) is -4.74. The summed E-state index contributed by atoms with van der Waals surface area (Å²) in [5, 5.41) is 188. The van der Waals surface area contributed by atoms with Crippen molar-refractivity contribution in [3.05, 3.63) is 0 Å². The van der Waals surface area contributed by atoms with Gasteiger partial charge in [0.25, 0.3) is 5.79 Å². The lowest BCUT2D eigenvalue weighted by molar-refractivity contribution is -0.400. The molecule has 0 aromatic rings. The molecule has 416 valence electrons. The number of carboxylic acid groups (broad SMARTS) is 1. The number of carbonyl (C=O) groups excluding carboxylic acids is 3. The van der Waals surface area contributed by atoms with Gasteiger partial charge in [-0.25, -0.2) is 4.79 Å². The third kappa shape index (κ3) is 12.9. The molecule has 26 atom stereocenters. The Morgan fingerprint density at radius 1 is 0.569 bits per heavy atom. The van der Waals surface area contributed by atoms with E-state index >= 15 is 0 Å². The van der Waals surface area contributed by atoms with Crippen LogP contribution in [0.4, 0.5) is 0 Å². The third-order valence-electron chi connectivity index (χ3n) is 12.6. The highest BCUT2D eigenvalue weighted by Crippen LogP contribution is 2.40. The second-order valence-corrected chi connectivity index (χ2v) is 17.6. The minimum atomic E-state index is -3.40. The minimum Gasteiger partial charge on any atom is -0.477 e. The standard InChI is InChI=1S/C39H65N3O30/c1-10(49)40-20-25(57)29(68-36-27(59)26(58)23(55)14(5-44)65-36)16(7-46)66-35(20)69-30-17(8-47)67-37(70-31-21(41-11(2)50)34(61)64-15(6-45)24(31)56)28(60)33(30)72-39(38(62)63)3-12(51)19(42-18(53)9-48)32(71-39)22(54)13(52)4-43/h12-17,19-37,43-48,51-52,54-61H,3-9H2,1-2H3,(H,40,49)(H,41,50)(H,42,53)(H,62,63)/t12-,13+,14+,15+,16+,17+,19+,20+,21+,22+,23-,24-,25+,26-,27+,28+,29-,30-,31+,32+,33+,34-,35-,36+,37-,39-/m0/s1. The summed E-state index contributed by atoms with van der Waals surface area (Å²) in [7, 11) is 0. The van der Waals surface area contributed by atoms with E-state index in [-0.39, 0.29) is 0 Å². The normalized spacial score (nSPS) is 44.6. The molecule has 0 aromatic carbocycles. The zero-order chi connectivity index (χ0) is 53.7. The lowest BCUT2D eigenvalue weighted by Gasteiger charge is -2.52. The van der Waals surface area contributed by atoms with Crippen LogP contribution in [0.15, 0.2) is 0 Å². The molecule has 5 saturated heterocycles. The first-order valence-corrected chi connectivity index (χ1v) is 22.4. The van der Waals surface area contributed by atoms with Crippen molar-refractivity contribution in [3.8, 4) is 0 Å². The molecule has 0 unspecified atom stereocenters. The van der Waals surface area contributed by atoms with Gasteiger partial charge in [-0.2, -0.15) is 0 Å². The van der Waals surface area contributed by atoms with Gasteiger partial charge in [0.15, 0.2) is 25.2 Å². The predicted molar refractivity (Wildman–Crippen MR) is 220 cm³/mol. The van der Waals surface area contributed by atoms with E-state index in [0.29, 0.717) is 0 Å². The van der Waals surface area contributed by atoms with E-state index in [1.807, 2.05) is 0 Å². The molecule has 5 aliphatic heterocycles. The van der Waals surface area contributed by atoms with Gasteiger partial charge >= 0.3 is 5.97 Å². The Hall–Kier alpha value is -3.12. The fourth-order valence-corrected chi connectivity index (χ4v) is 8.94. The van der Waals surface area contributed by atoms with Crippen molar-refractivity contribution in [2.24, 2.45) is 0 Å². The van der Waals surface area contributed by atoms with Crippen LogP contribution in [0, 0.1) is 0 Å². The minimum absolute atomic E-state index is 0.836. The van der Waals surface area contributed by atoms with E-state index in [2.05, 4.69) is 16.0 Å². The van der Waals surface area contributed by atoms with Gasteiger partial charge in [-0.1, -0.05) is 0 Å². The zero-order valence-electron chi connectivity index (χ0n) is 38.3. The van der Waals surface area contributed by atoms with Gasteiger partial charge in [-0.3, -0.25) is 14.4 Å². The number of carbonyl (C=O) groups is 4. The molecule has 0 spiro atoms. The topological polar surface area (TPSA) is 531 Å². The van der Waals surface area contributed by atoms with E-state index in [9.17, 15) is 106 Å². The molecule has 72 heavy (non-hydrogen) atoms. The molecule has 3 amide bonds. The van der Waals surface area contributed by atoms with Crippen LogP contribution in [-0.4, -0.2) is 309 Å². The number of hydrogen-bond donors (Lipinski definition) is 20. The maximum absolute atomic E-state index is 13.5. The summed E-state index contributed by atoms with van der Waals surface area (Å²) in [6, 6.07) is -5.52. The lowest BCUT2D eigenvalue weighted by Crippen LogP contribution is -2.72. The maximum atomic E-state index is 13.5. The van der Waals surface area contributed by atoms with E-state index in [4.69, 9.17) is 42.6 Å². The summed E-state index contributed by atoms with van der Waals surface area (Å²) in [6.07, 6.45) is -46.8. The van der Waals surface area contributed by atoms with Gasteiger partial charge in [0.05, 0.1) is 45.2 Å². The fraction of sp³-hybridized carbons (Fsp3) is 0.897. The number of rotatable bonds is 20. The monoisotopic (exact) mass is 1060 g/mol. The second-order valence-electron chi connectivity index (χ2n) is 17.6. The van der Waals surface area contributed by atoms with E-state index in [1.54, 1.807) is 0 Å². The van der Waals surface area contributed by atoms with Gasteiger partial charge in [-0.15, -0.1) is 0 Å². The Balaban J connectivity index is 1.60. The van der Waals surface area contributed by atoms with E-state index in [0.717, 1.165) is 13.8 Å². The lowest BCUT2D eigenvalue weighted by atomic mass is 9.88. The van der Waals surface area contributed by atoms with Crippen LogP contribution >= 0.6 is 0 Å². The van der Waals surface area contributed by atoms with Gasteiger partial charge in [-0.05, 0) is 0 Å². The molecule has 0 saturated carbocycles. The van der Waals surface area contributed by atoms with Gasteiger partial charge in [0.2, 0.25) is 17.7 Å². The highest BCUT2D eigenvalue weighted by Gasteiger charge is 2.62. The molecule has 5 fully saturated rings. The van der Waals surface area contributed by atoms with Crippen molar-refractivity contribution in [1.82, 2.24) is 16.0 Å². The van der Waals surface area contributed by atoms with Gasteiger partial charge < -0.3 is 145 Å². The van der Waals surface area contributed by atoms with Crippen LogP contribution < -0.4 is 16.0 Å². The van der Waals surface area contributed by atoms with Crippen molar-refractivity contribution in [2.75, 3.05) is 39.6 Å². The zero-order valence-corrected chi connectivity index (χ0v) is 38.3. The summed E-state index contributed by atoms with van der Waals surface area (Å²) < 4.78 is 51.8.